The Bertz CT molecular complexity index is 904. The SMILES string of the molecule is CCN(CC)C(=O)[C@H](Sc1ncnc2sc(C)c(C)c12)c1ccccc1. The van der Waals surface area contributed by atoms with Crippen LogP contribution in [0.25, 0.3) is 10.2 Å². The molecule has 0 aliphatic rings. The third kappa shape index (κ3) is 3.62. The summed E-state index contributed by atoms with van der Waals surface area (Å²) in [5, 5.41) is 1.65. The smallest absolute Gasteiger partial charge is 0.240 e. The summed E-state index contributed by atoms with van der Waals surface area (Å²) in [5.41, 5.74) is 2.21. The van der Waals surface area contributed by atoms with Crippen LogP contribution in [-0.2, 0) is 4.79 Å². The van der Waals surface area contributed by atoms with Crippen molar-refractivity contribution in [3.8, 4) is 0 Å². The molecule has 6 heteroatoms. The number of nitrogens with zero attached hydrogens (tertiary/aromatic N) is 3. The van der Waals surface area contributed by atoms with Gasteiger partial charge in [0.15, 0.2) is 0 Å². The summed E-state index contributed by atoms with van der Waals surface area (Å²) in [4.78, 5) is 26.3. The standard InChI is InChI=1S/C20H23N3OS2/c1-5-23(6-2)20(24)17(15-10-8-7-9-11-15)26-19-16-13(3)14(4)25-18(16)21-12-22-19/h7-12,17H,5-6H2,1-4H3/t17-/m1/s1. The van der Waals surface area contributed by atoms with Crippen LogP contribution in [0, 0.1) is 13.8 Å². The average molecular weight is 386 g/mol. The zero-order valence-corrected chi connectivity index (χ0v) is 17.2. The van der Waals surface area contributed by atoms with Gasteiger partial charge in [0, 0.05) is 23.4 Å². The second kappa shape index (κ2) is 8.18. The molecule has 26 heavy (non-hydrogen) atoms. The summed E-state index contributed by atoms with van der Waals surface area (Å²) in [6, 6.07) is 9.97. The number of thiophene rings is 1. The maximum atomic E-state index is 13.2. The Morgan fingerprint density at radius 3 is 2.50 bits per heavy atom. The van der Waals surface area contributed by atoms with Crippen molar-refractivity contribution >= 4 is 39.2 Å². The molecule has 0 radical (unpaired) electrons. The van der Waals surface area contributed by atoms with E-state index in [2.05, 4.69) is 23.8 Å². The summed E-state index contributed by atoms with van der Waals surface area (Å²) >= 11 is 3.21. The van der Waals surface area contributed by atoms with Crippen molar-refractivity contribution in [1.29, 1.82) is 0 Å². The number of amides is 1. The molecule has 0 aliphatic heterocycles. The summed E-state index contributed by atoms with van der Waals surface area (Å²) in [5.74, 6) is 0.127. The van der Waals surface area contributed by atoms with Gasteiger partial charge in [-0.3, -0.25) is 4.79 Å². The van der Waals surface area contributed by atoms with Gasteiger partial charge in [-0.15, -0.1) is 11.3 Å². The van der Waals surface area contributed by atoms with Crippen molar-refractivity contribution in [3.05, 3.63) is 52.7 Å². The van der Waals surface area contributed by atoms with Crippen LogP contribution in [-0.4, -0.2) is 33.9 Å². The maximum Gasteiger partial charge on any atom is 0.240 e. The summed E-state index contributed by atoms with van der Waals surface area (Å²) in [6.45, 7) is 9.65. The lowest BCUT2D eigenvalue weighted by molar-refractivity contribution is -0.130. The van der Waals surface area contributed by atoms with Crippen LogP contribution in [0.4, 0.5) is 0 Å². The van der Waals surface area contributed by atoms with Gasteiger partial charge in [0.1, 0.15) is 21.4 Å². The van der Waals surface area contributed by atoms with E-state index in [1.807, 2.05) is 49.1 Å². The number of aryl methyl sites for hydroxylation is 2. The Morgan fingerprint density at radius 1 is 1.15 bits per heavy atom. The molecule has 2 aromatic heterocycles. The number of aromatic nitrogens is 2. The van der Waals surface area contributed by atoms with Gasteiger partial charge in [-0.2, -0.15) is 0 Å². The van der Waals surface area contributed by atoms with Crippen LogP contribution >= 0.6 is 23.1 Å². The predicted octanol–water partition coefficient (Wildman–Crippen LogP) is 5.01. The minimum atomic E-state index is -0.311. The maximum absolute atomic E-state index is 13.2. The molecule has 1 atom stereocenters. The van der Waals surface area contributed by atoms with Crippen molar-refractivity contribution in [2.75, 3.05) is 13.1 Å². The minimum absolute atomic E-state index is 0.127. The molecule has 136 valence electrons. The Kier molecular flexibility index (Phi) is 5.94. The van der Waals surface area contributed by atoms with Crippen LogP contribution < -0.4 is 0 Å². The Balaban J connectivity index is 2.05. The van der Waals surface area contributed by atoms with E-state index in [1.165, 1.54) is 22.2 Å². The number of fused-ring (bicyclic) bond motifs is 1. The number of benzene rings is 1. The molecule has 0 saturated heterocycles. The number of rotatable bonds is 6. The van der Waals surface area contributed by atoms with E-state index >= 15 is 0 Å². The third-order valence-corrected chi connectivity index (χ3v) is 6.92. The first kappa shape index (κ1) is 18.9. The van der Waals surface area contributed by atoms with E-state index in [0.717, 1.165) is 20.8 Å². The first-order valence-electron chi connectivity index (χ1n) is 8.77. The molecule has 0 bridgehead atoms. The second-order valence-corrected chi connectivity index (χ2v) is 8.36. The zero-order chi connectivity index (χ0) is 18.7. The molecule has 0 spiro atoms. The lowest BCUT2D eigenvalue weighted by Gasteiger charge is -2.25. The Labute approximate surface area is 162 Å². The molecule has 1 aromatic carbocycles. The van der Waals surface area contributed by atoms with Crippen LogP contribution in [0.15, 0.2) is 41.7 Å². The molecule has 0 fully saturated rings. The summed E-state index contributed by atoms with van der Waals surface area (Å²) < 4.78 is 0. The predicted molar refractivity (Wildman–Crippen MR) is 110 cm³/mol. The molecule has 4 nitrogen and oxygen atoms in total. The number of carbonyl (C=O) groups excluding carboxylic acids is 1. The monoisotopic (exact) mass is 385 g/mol. The fraction of sp³-hybridized carbons (Fsp3) is 0.350. The van der Waals surface area contributed by atoms with Gasteiger partial charge in [0.05, 0.1) is 0 Å². The van der Waals surface area contributed by atoms with Crippen LogP contribution in [0.1, 0.15) is 35.1 Å². The van der Waals surface area contributed by atoms with Crippen molar-refractivity contribution in [2.45, 2.75) is 38.0 Å². The first-order chi connectivity index (χ1) is 12.6. The van der Waals surface area contributed by atoms with Gasteiger partial charge >= 0.3 is 0 Å². The van der Waals surface area contributed by atoms with Crippen molar-refractivity contribution in [1.82, 2.24) is 14.9 Å². The quantitative estimate of drug-likeness (QED) is 0.442. The van der Waals surface area contributed by atoms with Crippen LogP contribution in [0.5, 0.6) is 0 Å². The molecule has 1 amide bonds. The van der Waals surface area contributed by atoms with E-state index in [1.54, 1.807) is 17.7 Å². The third-order valence-electron chi connectivity index (χ3n) is 4.56. The number of likely N-dealkylation sites (N-methyl/N-ethyl adjacent to an activating group) is 1. The molecular formula is C20H23N3OS2. The van der Waals surface area contributed by atoms with Crippen molar-refractivity contribution < 1.29 is 4.79 Å². The Hall–Kier alpha value is -1.92. The zero-order valence-electron chi connectivity index (χ0n) is 15.5. The fourth-order valence-electron chi connectivity index (χ4n) is 2.94. The fourth-order valence-corrected chi connectivity index (χ4v) is 5.24. The molecule has 0 aliphatic carbocycles. The number of thioether (sulfide) groups is 1. The molecule has 0 N–H and O–H groups in total. The summed E-state index contributed by atoms with van der Waals surface area (Å²) in [6.07, 6.45) is 1.60. The van der Waals surface area contributed by atoms with Crippen molar-refractivity contribution in [3.63, 3.8) is 0 Å². The first-order valence-corrected chi connectivity index (χ1v) is 10.5. The highest BCUT2D eigenvalue weighted by Crippen LogP contribution is 2.41. The van der Waals surface area contributed by atoms with Crippen LogP contribution in [0.2, 0.25) is 0 Å². The topological polar surface area (TPSA) is 46.1 Å². The van der Waals surface area contributed by atoms with E-state index < -0.39 is 0 Å². The Morgan fingerprint density at radius 2 is 1.85 bits per heavy atom. The van der Waals surface area contributed by atoms with Gasteiger partial charge in [-0.1, -0.05) is 42.1 Å². The highest BCUT2D eigenvalue weighted by Gasteiger charge is 2.27. The molecule has 3 aromatic rings. The lowest BCUT2D eigenvalue weighted by Crippen LogP contribution is -2.33. The van der Waals surface area contributed by atoms with E-state index in [-0.39, 0.29) is 11.2 Å². The molecule has 2 heterocycles. The van der Waals surface area contributed by atoms with Gasteiger partial charge in [-0.25, -0.2) is 9.97 Å². The van der Waals surface area contributed by atoms with Crippen LogP contribution in [0.3, 0.4) is 0 Å². The van der Waals surface area contributed by atoms with Crippen molar-refractivity contribution in [2.24, 2.45) is 0 Å². The number of carbonyl (C=O) groups is 1. The average Bonchev–Trinajstić information content (AvgIpc) is 2.96. The molecule has 0 saturated carbocycles. The minimum Gasteiger partial charge on any atom is -0.342 e. The highest BCUT2D eigenvalue weighted by atomic mass is 32.2. The normalized spacial score (nSPS) is 12.3. The van der Waals surface area contributed by atoms with E-state index in [9.17, 15) is 4.79 Å². The summed E-state index contributed by atoms with van der Waals surface area (Å²) in [7, 11) is 0. The number of hydrogen-bond acceptors (Lipinski definition) is 5. The molecular weight excluding hydrogens is 362 g/mol. The van der Waals surface area contributed by atoms with Gasteiger partial charge in [0.2, 0.25) is 5.91 Å². The lowest BCUT2D eigenvalue weighted by atomic mass is 10.1. The van der Waals surface area contributed by atoms with Gasteiger partial charge in [0.25, 0.3) is 0 Å². The largest absolute Gasteiger partial charge is 0.342 e. The highest BCUT2D eigenvalue weighted by molar-refractivity contribution is 8.00. The molecule has 3 rings (SSSR count). The number of hydrogen-bond donors (Lipinski definition) is 0. The van der Waals surface area contributed by atoms with Gasteiger partial charge < -0.3 is 4.90 Å². The second-order valence-electron chi connectivity index (χ2n) is 6.06. The molecule has 0 unspecified atom stereocenters. The van der Waals surface area contributed by atoms with Gasteiger partial charge in [-0.05, 0) is 38.8 Å². The van der Waals surface area contributed by atoms with E-state index in [0.29, 0.717) is 13.1 Å². The van der Waals surface area contributed by atoms with E-state index in [4.69, 9.17) is 0 Å².